The molecule has 0 saturated carbocycles. The largest absolute Gasteiger partial charge is 0.489 e. The van der Waals surface area contributed by atoms with E-state index in [1.807, 2.05) is 11.0 Å². The Labute approximate surface area is 153 Å². The molecule has 0 bridgehead atoms. The van der Waals surface area contributed by atoms with Gasteiger partial charge in [-0.1, -0.05) is 23.2 Å². The number of piperidine rings is 1. The Bertz CT molecular complexity index is 576. The van der Waals surface area contributed by atoms with Crippen LogP contribution in [0.3, 0.4) is 0 Å². The Morgan fingerprint density at radius 2 is 2.17 bits per heavy atom. The van der Waals surface area contributed by atoms with E-state index in [2.05, 4.69) is 5.32 Å². The fourth-order valence-electron chi connectivity index (χ4n) is 3.45. The summed E-state index contributed by atoms with van der Waals surface area (Å²) in [5.41, 5.74) is 0. The summed E-state index contributed by atoms with van der Waals surface area (Å²) in [7, 11) is 0. The minimum atomic E-state index is 0.0214. The Morgan fingerprint density at radius 1 is 1.29 bits per heavy atom. The predicted molar refractivity (Wildman–Crippen MR) is 96.9 cm³/mol. The lowest BCUT2D eigenvalue weighted by atomic mass is 10.0. The molecule has 1 N–H and O–H groups in total. The smallest absolute Gasteiger partial charge is 0.222 e. The number of amides is 1. The maximum Gasteiger partial charge on any atom is 0.222 e. The summed E-state index contributed by atoms with van der Waals surface area (Å²) in [6.07, 6.45) is 4.77. The molecule has 2 unspecified atom stereocenters. The highest BCUT2D eigenvalue weighted by Gasteiger charge is 2.26. The highest BCUT2D eigenvalue weighted by molar-refractivity contribution is 6.42. The molecule has 1 aromatic carbocycles. The van der Waals surface area contributed by atoms with Crippen molar-refractivity contribution in [3.05, 3.63) is 28.2 Å². The molecule has 1 amide bonds. The van der Waals surface area contributed by atoms with Gasteiger partial charge in [-0.25, -0.2) is 0 Å². The van der Waals surface area contributed by atoms with Crippen molar-refractivity contribution in [3.63, 3.8) is 0 Å². The number of nitrogens with one attached hydrogen (secondary N) is 1. The highest BCUT2D eigenvalue weighted by atomic mass is 35.5. The van der Waals surface area contributed by atoms with Crippen molar-refractivity contribution in [2.75, 3.05) is 26.2 Å². The number of carbonyl (C=O) groups excluding carboxylic acids is 1. The number of carbonyl (C=O) groups is 1. The van der Waals surface area contributed by atoms with Crippen LogP contribution in [-0.2, 0) is 4.79 Å². The van der Waals surface area contributed by atoms with Gasteiger partial charge in [-0.3, -0.25) is 4.79 Å². The summed E-state index contributed by atoms with van der Waals surface area (Å²) in [4.78, 5) is 14.4. The van der Waals surface area contributed by atoms with Gasteiger partial charge in [0.15, 0.2) is 0 Å². The Hall–Kier alpha value is -0.970. The van der Waals surface area contributed by atoms with E-state index in [0.717, 1.165) is 38.9 Å². The van der Waals surface area contributed by atoms with Crippen molar-refractivity contribution >= 4 is 29.1 Å². The van der Waals surface area contributed by atoms with Crippen LogP contribution < -0.4 is 10.1 Å². The van der Waals surface area contributed by atoms with Crippen LogP contribution in [0.1, 0.15) is 32.1 Å². The van der Waals surface area contributed by atoms with E-state index in [1.165, 1.54) is 6.42 Å². The zero-order chi connectivity index (χ0) is 16.9. The monoisotopic (exact) mass is 370 g/mol. The second-order valence-electron chi connectivity index (χ2n) is 6.70. The zero-order valence-electron chi connectivity index (χ0n) is 13.8. The Balaban J connectivity index is 1.49. The molecule has 1 aromatic rings. The number of benzene rings is 1. The van der Waals surface area contributed by atoms with Gasteiger partial charge >= 0.3 is 0 Å². The molecule has 2 aliphatic heterocycles. The Morgan fingerprint density at radius 3 is 2.92 bits per heavy atom. The van der Waals surface area contributed by atoms with Crippen LogP contribution in [-0.4, -0.2) is 43.1 Å². The van der Waals surface area contributed by atoms with E-state index >= 15 is 0 Å². The number of hydrogen-bond acceptors (Lipinski definition) is 3. The van der Waals surface area contributed by atoms with Crippen LogP contribution in [0.15, 0.2) is 18.2 Å². The van der Waals surface area contributed by atoms with Gasteiger partial charge in [0.2, 0.25) is 5.91 Å². The number of ether oxygens (including phenoxy) is 1. The minimum absolute atomic E-state index is 0.0214. The summed E-state index contributed by atoms with van der Waals surface area (Å²) < 4.78 is 6.00. The number of likely N-dealkylation sites (tertiary alicyclic amines) is 1. The van der Waals surface area contributed by atoms with Gasteiger partial charge in [0, 0.05) is 19.0 Å². The second-order valence-corrected chi connectivity index (χ2v) is 7.51. The van der Waals surface area contributed by atoms with Gasteiger partial charge < -0.3 is 15.0 Å². The average Bonchev–Trinajstić information content (AvgIpc) is 3.10. The molecule has 0 radical (unpaired) electrons. The molecule has 2 aliphatic rings. The lowest BCUT2D eigenvalue weighted by molar-refractivity contribution is -0.134. The number of halogens is 2. The van der Waals surface area contributed by atoms with Crippen LogP contribution in [0.4, 0.5) is 0 Å². The van der Waals surface area contributed by atoms with Crippen LogP contribution in [0.25, 0.3) is 0 Å². The standard InChI is InChI=1S/C18H24Cl2N2O2/c19-16-5-4-14(10-17(16)20)24-15-2-1-9-22(12-15)18(23)6-3-13-7-8-21-11-13/h4-5,10,13,15,21H,1-3,6-9,11-12H2. The first-order valence-electron chi connectivity index (χ1n) is 8.72. The van der Waals surface area contributed by atoms with E-state index in [-0.39, 0.29) is 12.0 Å². The van der Waals surface area contributed by atoms with Gasteiger partial charge in [-0.2, -0.15) is 0 Å². The van der Waals surface area contributed by atoms with E-state index in [0.29, 0.717) is 34.7 Å². The normalized spacial score (nSPS) is 24.2. The molecule has 4 nitrogen and oxygen atoms in total. The third-order valence-electron chi connectivity index (χ3n) is 4.85. The first-order chi connectivity index (χ1) is 11.6. The molecule has 2 fully saturated rings. The SMILES string of the molecule is O=C(CCC1CCNC1)N1CCCC(Oc2ccc(Cl)c(Cl)c2)C1. The first kappa shape index (κ1) is 17.8. The molecule has 2 atom stereocenters. The van der Waals surface area contributed by atoms with Crippen LogP contribution in [0.5, 0.6) is 5.75 Å². The lowest BCUT2D eigenvalue weighted by Crippen LogP contribution is -2.44. The molecule has 0 aromatic heterocycles. The molecule has 0 aliphatic carbocycles. The van der Waals surface area contributed by atoms with Gasteiger partial charge in [0.25, 0.3) is 0 Å². The van der Waals surface area contributed by atoms with Crippen molar-refractivity contribution in [2.45, 2.75) is 38.2 Å². The summed E-state index contributed by atoms with van der Waals surface area (Å²) >= 11 is 12.0. The van der Waals surface area contributed by atoms with Gasteiger partial charge in [0.1, 0.15) is 11.9 Å². The highest BCUT2D eigenvalue weighted by Crippen LogP contribution is 2.28. The summed E-state index contributed by atoms with van der Waals surface area (Å²) in [6.45, 7) is 3.63. The quantitative estimate of drug-likeness (QED) is 0.857. The second kappa shape index (κ2) is 8.41. The van der Waals surface area contributed by atoms with E-state index in [1.54, 1.807) is 12.1 Å². The summed E-state index contributed by atoms with van der Waals surface area (Å²) in [5.74, 6) is 1.62. The third kappa shape index (κ3) is 4.78. The number of rotatable bonds is 5. The molecule has 0 spiro atoms. The molecule has 132 valence electrons. The number of nitrogens with zero attached hydrogens (tertiary/aromatic N) is 1. The van der Waals surface area contributed by atoms with E-state index in [9.17, 15) is 4.79 Å². The maximum atomic E-state index is 12.5. The van der Waals surface area contributed by atoms with Crippen molar-refractivity contribution in [3.8, 4) is 5.75 Å². The van der Waals surface area contributed by atoms with Gasteiger partial charge in [-0.15, -0.1) is 0 Å². The zero-order valence-corrected chi connectivity index (χ0v) is 15.3. The fraction of sp³-hybridized carbons (Fsp3) is 0.611. The number of hydrogen-bond donors (Lipinski definition) is 1. The first-order valence-corrected chi connectivity index (χ1v) is 9.47. The van der Waals surface area contributed by atoms with Crippen LogP contribution in [0.2, 0.25) is 10.0 Å². The van der Waals surface area contributed by atoms with Crippen molar-refractivity contribution < 1.29 is 9.53 Å². The topological polar surface area (TPSA) is 41.6 Å². The fourth-order valence-corrected chi connectivity index (χ4v) is 3.74. The molecule has 3 rings (SSSR count). The molecular weight excluding hydrogens is 347 g/mol. The average molecular weight is 371 g/mol. The maximum absolute atomic E-state index is 12.5. The minimum Gasteiger partial charge on any atom is -0.489 e. The van der Waals surface area contributed by atoms with Crippen molar-refractivity contribution in [1.82, 2.24) is 10.2 Å². The molecular formula is C18H24Cl2N2O2. The third-order valence-corrected chi connectivity index (χ3v) is 5.59. The lowest BCUT2D eigenvalue weighted by Gasteiger charge is -2.33. The molecule has 6 heteroatoms. The van der Waals surface area contributed by atoms with Gasteiger partial charge in [-0.05, 0) is 56.8 Å². The van der Waals surface area contributed by atoms with Gasteiger partial charge in [0.05, 0.1) is 16.6 Å². The van der Waals surface area contributed by atoms with Crippen molar-refractivity contribution in [2.24, 2.45) is 5.92 Å². The molecule has 2 saturated heterocycles. The summed E-state index contributed by atoms with van der Waals surface area (Å²) in [5, 5.41) is 4.36. The molecule has 24 heavy (non-hydrogen) atoms. The Kier molecular flexibility index (Phi) is 6.25. The molecule has 2 heterocycles. The van der Waals surface area contributed by atoms with Crippen LogP contribution >= 0.6 is 23.2 Å². The van der Waals surface area contributed by atoms with Crippen LogP contribution in [0, 0.1) is 5.92 Å². The van der Waals surface area contributed by atoms with Crippen molar-refractivity contribution in [1.29, 1.82) is 0 Å². The van der Waals surface area contributed by atoms with E-state index < -0.39 is 0 Å². The van der Waals surface area contributed by atoms with E-state index in [4.69, 9.17) is 27.9 Å². The predicted octanol–water partition coefficient (Wildman–Crippen LogP) is 3.75. The summed E-state index contributed by atoms with van der Waals surface area (Å²) in [6, 6.07) is 5.29.